The van der Waals surface area contributed by atoms with Crippen molar-refractivity contribution in [2.75, 3.05) is 13.2 Å². The van der Waals surface area contributed by atoms with Gasteiger partial charge in [0, 0.05) is 17.8 Å². The Morgan fingerprint density at radius 3 is 2.59 bits per heavy atom. The molecule has 0 aromatic rings. The largest absolute Gasteiger partial charge is 0.347 e. The molecule has 2 nitrogen and oxygen atoms in total. The highest BCUT2D eigenvalue weighted by Gasteiger charge is 2.52. The Kier molecular flexibility index (Phi) is 3.34. The van der Waals surface area contributed by atoms with Crippen LogP contribution in [0.1, 0.15) is 40.0 Å². The summed E-state index contributed by atoms with van der Waals surface area (Å²) in [6, 6.07) is 0. The summed E-state index contributed by atoms with van der Waals surface area (Å²) in [5, 5.41) is 0. The van der Waals surface area contributed by atoms with Crippen LogP contribution in [0.5, 0.6) is 0 Å². The maximum absolute atomic E-state index is 5.93. The predicted molar refractivity (Wildman–Crippen MR) is 68.3 cm³/mol. The summed E-state index contributed by atoms with van der Waals surface area (Å²) < 4.78 is 11.9. The van der Waals surface area contributed by atoms with Crippen molar-refractivity contribution in [2.45, 2.75) is 45.8 Å². The second-order valence-electron chi connectivity index (χ2n) is 5.58. The van der Waals surface area contributed by atoms with Gasteiger partial charge in [-0.1, -0.05) is 11.6 Å². The molecule has 1 aliphatic carbocycles. The Labute approximate surface area is 104 Å². The molecule has 0 aromatic carbocycles. The van der Waals surface area contributed by atoms with Gasteiger partial charge in [0.15, 0.2) is 5.79 Å². The molecular weight excluding hydrogens is 212 g/mol. The fraction of sp³-hybridized carbons (Fsp3) is 0.733. The highest BCUT2D eigenvalue weighted by Crippen LogP contribution is 2.50. The molecular formula is C15H22O2. The molecule has 1 saturated carbocycles. The van der Waals surface area contributed by atoms with E-state index in [0.717, 1.165) is 19.3 Å². The van der Waals surface area contributed by atoms with Crippen molar-refractivity contribution in [3.8, 4) is 12.3 Å². The van der Waals surface area contributed by atoms with Gasteiger partial charge in [-0.25, -0.2) is 0 Å². The lowest BCUT2D eigenvalue weighted by Crippen LogP contribution is -2.48. The van der Waals surface area contributed by atoms with Gasteiger partial charge in [0.25, 0.3) is 0 Å². The highest BCUT2D eigenvalue weighted by atomic mass is 16.7. The van der Waals surface area contributed by atoms with Crippen molar-refractivity contribution in [3.63, 3.8) is 0 Å². The SMILES string of the molecule is C#CC(C)(C)C1C/C(=C/C)CCC12OCCO2. The van der Waals surface area contributed by atoms with E-state index < -0.39 is 5.79 Å². The molecule has 2 rings (SSSR count). The first-order valence-electron chi connectivity index (χ1n) is 6.44. The quantitative estimate of drug-likeness (QED) is 0.512. The normalized spacial score (nSPS) is 30.7. The number of ether oxygens (including phenoxy) is 2. The third-order valence-corrected chi connectivity index (χ3v) is 4.22. The van der Waals surface area contributed by atoms with Crippen LogP contribution in [0.15, 0.2) is 11.6 Å². The molecule has 2 heteroatoms. The first-order chi connectivity index (χ1) is 8.04. The van der Waals surface area contributed by atoms with Gasteiger partial charge in [0.2, 0.25) is 0 Å². The monoisotopic (exact) mass is 234 g/mol. The van der Waals surface area contributed by atoms with Gasteiger partial charge < -0.3 is 9.47 Å². The van der Waals surface area contributed by atoms with Gasteiger partial charge in [-0.3, -0.25) is 0 Å². The minimum absolute atomic E-state index is 0.195. The number of terminal acetylenes is 1. The third-order valence-electron chi connectivity index (χ3n) is 4.22. The second kappa shape index (κ2) is 4.48. The predicted octanol–water partition coefficient (Wildman–Crippen LogP) is 3.14. The highest BCUT2D eigenvalue weighted by molar-refractivity contribution is 5.17. The van der Waals surface area contributed by atoms with Crippen LogP contribution >= 0.6 is 0 Å². The summed E-state index contributed by atoms with van der Waals surface area (Å²) in [6.07, 6.45) is 10.9. The van der Waals surface area contributed by atoms with E-state index >= 15 is 0 Å². The lowest BCUT2D eigenvalue weighted by Gasteiger charge is -2.46. The lowest BCUT2D eigenvalue weighted by molar-refractivity contribution is -0.223. The lowest BCUT2D eigenvalue weighted by atomic mass is 9.66. The zero-order chi connectivity index (χ0) is 12.5. The molecule has 0 radical (unpaired) electrons. The van der Waals surface area contributed by atoms with E-state index in [0.29, 0.717) is 13.2 Å². The third kappa shape index (κ3) is 2.14. The van der Waals surface area contributed by atoms with Gasteiger partial charge >= 0.3 is 0 Å². The Bertz CT molecular complexity index is 354. The number of rotatable bonds is 1. The molecule has 2 aliphatic rings. The molecule has 1 aliphatic heterocycles. The molecule has 0 aromatic heterocycles. The van der Waals surface area contributed by atoms with Crippen LogP contribution in [0.4, 0.5) is 0 Å². The van der Waals surface area contributed by atoms with Crippen LogP contribution in [-0.4, -0.2) is 19.0 Å². The summed E-state index contributed by atoms with van der Waals surface area (Å²) in [7, 11) is 0. The molecule has 17 heavy (non-hydrogen) atoms. The molecule has 0 N–H and O–H groups in total. The maximum Gasteiger partial charge on any atom is 0.173 e. The molecule has 1 atom stereocenters. The van der Waals surface area contributed by atoms with Crippen LogP contribution in [0.25, 0.3) is 0 Å². The van der Waals surface area contributed by atoms with Crippen molar-refractivity contribution in [2.24, 2.45) is 11.3 Å². The van der Waals surface area contributed by atoms with E-state index in [4.69, 9.17) is 15.9 Å². The van der Waals surface area contributed by atoms with Crippen LogP contribution in [0, 0.1) is 23.7 Å². The topological polar surface area (TPSA) is 18.5 Å². The molecule has 1 heterocycles. The molecule has 0 bridgehead atoms. The van der Waals surface area contributed by atoms with Gasteiger partial charge in [-0.05, 0) is 33.6 Å². The summed E-state index contributed by atoms with van der Waals surface area (Å²) in [5.41, 5.74) is 1.28. The summed E-state index contributed by atoms with van der Waals surface area (Å²) >= 11 is 0. The fourth-order valence-corrected chi connectivity index (χ4v) is 3.01. The minimum Gasteiger partial charge on any atom is -0.347 e. The molecule has 2 fully saturated rings. The average Bonchev–Trinajstić information content (AvgIpc) is 2.79. The van der Waals surface area contributed by atoms with E-state index in [-0.39, 0.29) is 11.3 Å². The molecule has 94 valence electrons. The summed E-state index contributed by atoms with van der Waals surface area (Å²) in [5.74, 6) is 2.74. The van der Waals surface area contributed by atoms with Crippen LogP contribution in [0.2, 0.25) is 0 Å². The van der Waals surface area contributed by atoms with Gasteiger partial charge in [-0.15, -0.1) is 12.3 Å². The Morgan fingerprint density at radius 2 is 2.06 bits per heavy atom. The molecule has 1 unspecified atom stereocenters. The van der Waals surface area contributed by atoms with Gasteiger partial charge in [0.1, 0.15) is 0 Å². The number of hydrogen-bond acceptors (Lipinski definition) is 2. The smallest absolute Gasteiger partial charge is 0.173 e. The van der Waals surface area contributed by atoms with E-state index in [2.05, 4.69) is 32.8 Å². The summed E-state index contributed by atoms with van der Waals surface area (Å²) in [6.45, 7) is 7.72. The van der Waals surface area contributed by atoms with Crippen molar-refractivity contribution in [1.29, 1.82) is 0 Å². The van der Waals surface area contributed by atoms with Gasteiger partial charge in [0.05, 0.1) is 13.2 Å². The first-order valence-corrected chi connectivity index (χ1v) is 6.44. The number of allylic oxidation sites excluding steroid dienone is 2. The average molecular weight is 234 g/mol. The van der Waals surface area contributed by atoms with Gasteiger partial charge in [-0.2, -0.15) is 0 Å². The standard InChI is InChI=1S/C15H22O2/c1-5-12-7-8-15(16-9-10-17-15)13(11-12)14(3,4)6-2/h2,5,13H,7-11H2,1,3-4H3/b12-5+. The van der Waals surface area contributed by atoms with Crippen molar-refractivity contribution >= 4 is 0 Å². The maximum atomic E-state index is 5.93. The molecule has 0 amide bonds. The van der Waals surface area contributed by atoms with Crippen molar-refractivity contribution < 1.29 is 9.47 Å². The number of hydrogen-bond donors (Lipinski definition) is 0. The van der Waals surface area contributed by atoms with Crippen LogP contribution in [-0.2, 0) is 9.47 Å². The van der Waals surface area contributed by atoms with Crippen LogP contribution < -0.4 is 0 Å². The summed E-state index contributed by atoms with van der Waals surface area (Å²) in [4.78, 5) is 0. The van der Waals surface area contributed by atoms with Crippen LogP contribution in [0.3, 0.4) is 0 Å². The van der Waals surface area contributed by atoms with Crippen molar-refractivity contribution in [1.82, 2.24) is 0 Å². The first kappa shape index (κ1) is 12.7. The Hall–Kier alpha value is -0.780. The molecule has 1 spiro atoms. The Balaban J connectivity index is 2.30. The fourth-order valence-electron chi connectivity index (χ4n) is 3.01. The zero-order valence-electron chi connectivity index (χ0n) is 11.1. The molecule has 1 saturated heterocycles. The zero-order valence-corrected chi connectivity index (χ0v) is 11.1. The second-order valence-corrected chi connectivity index (χ2v) is 5.58. The van der Waals surface area contributed by atoms with E-state index in [9.17, 15) is 0 Å². The van der Waals surface area contributed by atoms with Crippen molar-refractivity contribution in [3.05, 3.63) is 11.6 Å². The Morgan fingerprint density at radius 1 is 1.41 bits per heavy atom. The van der Waals surface area contributed by atoms with E-state index in [1.54, 1.807) is 0 Å². The van der Waals surface area contributed by atoms with E-state index in [1.165, 1.54) is 5.57 Å². The minimum atomic E-state index is -0.428. The van der Waals surface area contributed by atoms with E-state index in [1.807, 2.05) is 0 Å².